The quantitative estimate of drug-likeness (QED) is 0.248. The normalized spacial score (nSPS) is 10.3. The van der Waals surface area contributed by atoms with Crippen LogP contribution < -0.4 is 21.3 Å². The summed E-state index contributed by atoms with van der Waals surface area (Å²) in [4.78, 5) is 58.8. The van der Waals surface area contributed by atoms with Crippen LogP contribution in [0.15, 0.2) is 72.8 Å². The zero-order valence-corrected chi connectivity index (χ0v) is 18.9. The van der Waals surface area contributed by atoms with Crippen LogP contribution in [0.5, 0.6) is 0 Å². The van der Waals surface area contributed by atoms with Crippen molar-refractivity contribution in [1.29, 1.82) is 0 Å². The van der Waals surface area contributed by atoms with E-state index in [1.54, 1.807) is 43.4 Å². The SMILES string of the molecule is CNc1ccc(C(=O)Nc2ccc(C(=O)Nc3ccc(C(=O)NC(C(=O)O)C(=O)O)cc3)cc2)cc1. The first kappa shape index (κ1) is 25.4. The molecular formula is C25H22N4O7. The van der Waals surface area contributed by atoms with Crippen LogP contribution in [-0.4, -0.2) is 53.0 Å². The summed E-state index contributed by atoms with van der Waals surface area (Å²) in [6, 6.07) is 16.6. The molecule has 3 amide bonds. The second-order valence-electron chi connectivity index (χ2n) is 7.47. The van der Waals surface area contributed by atoms with E-state index in [9.17, 15) is 24.0 Å². The molecule has 6 N–H and O–H groups in total. The van der Waals surface area contributed by atoms with E-state index in [0.29, 0.717) is 22.5 Å². The van der Waals surface area contributed by atoms with E-state index in [2.05, 4.69) is 16.0 Å². The lowest BCUT2D eigenvalue weighted by Gasteiger charge is -2.11. The Kier molecular flexibility index (Phi) is 7.98. The molecule has 0 saturated heterocycles. The van der Waals surface area contributed by atoms with Crippen LogP contribution in [0.1, 0.15) is 31.1 Å². The van der Waals surface area contributed by atoms with Crippen LogP contribution in [0, 0.1) is 0 Å². The number of rotatable bonds is 9. The van der Waals surface area contributed by atoms with Gasteiger partial charge in [-0.05, 0) is 72.8 Å². The van der Waals surface area contributed by atoms with Crippen molar-refractivity contribution in [2.24, 2.45) is 0 Å². The molecule has 0 heterocycles. The molecular weight excluding hydrogens is 468 g/mol. The van der Waals surface area contributed by atoms with E-state index in [4.69, 9.17) is 10.2 Å². The lowest BCUT2D eigenvalue weighted by molar-refractivity contribution is -0.150. The number of nitrogens with one attached hydrogen (secondary N) is 4. The summed E-state index contributed by atoms with van der Waals surface area (Å²) in [5.41, 5.74) is 2.55. The predicted octanol–water partition coefficient (Wildman–Crippen LogP) is 2.50. The summed E-state index contributed by atoms with van der Waals surface area (Å²) in [5.74, 6) is -5.03. The van der Waals surface area contributed by atoms with E-state index in [1.165, 1.54) is 36.4 Å². The average Bonchev–Trinajstić information content (AvgIpc) is 2.87. The van der Waals surface area contributed by atoms with Gasteiger partial charge in [0.15, 0.2) is 0 Å². The highest BCUT2D eigenvalue weighted by molar-refractivity contribution is 6.07. The van der Waals surface area contributed by atoms with E-state index >= 15 is 0 Å². The number of carboxylic acids is 2. The molecule has 0 aromatic heterocycles. The molecule has 184 valence electrons. The molecule has 0 aliphatic rings. The fourth-order valence-corrected chi connectivity index (χ4v) is 3.05. The maximum Gasteiger partial charge on any atom is 0.338 e. The van der Waals surface area contributed by atoms with Crippen LogP contribution in [0.4, 0.5) is 17.1 Å². The number of hydrogen-bond acceptors (Lipinski definition) is 6. The standard InChI is InChI=1S/C25H22N4O7/c1-26-17-8-2-14(3-9-17)21(30)27-18-10-4-15(5-11-18)22(31)28-19-12-6-16(7-13-19)23(32)29-20(24(33)34)25(35)36/h2-13,20,26H,1H3,(H,27,30)(H,28,31)(H,29,32)(H,33,34)(H,35,36). The predicted molar refractivity (Wildman–Crippen MR) is 131 cm³/mol. The molecule has 0 atom stereocenters. The van der Waals surface area contributed by atoms with Gasteiger partial charge in [-0.15, -0.1) is 0 Å². The molecule has 0 saturated carbocycles. The van der Waals surface area contributed by atoms with Gasteiger partial charge < -0.3 is 31.5 Å². The van der Waals surface area contributed by atoms with Gasteiger partial charge >= 0.3 is 11.9 Å². The second kappa shape index (κ2) is 11.3. The largest absolute Gasteiger partial charge is 0.479 e. The number of aliphatic carboxylic acids is 2. The van der Waals surface area contributed by atoms with Crippen molar-refractivity contribution in [3.63, 3.8) is 0 Å². The second-order valence-corrected chi connectivity index (χ2v) is 7.47. The minimum atomic E-state index is -2.08. The Hall–Kier alpha value is -5.19. The molecule has 11 nitrogen and oxygen atoms in total. The topological polar surface area (TPSA) is 174 Å². The smallest absolute Gasteiger partial charge is 0.338 e. The maximum absolute atomic E-state index is 12.5. The van der Waals surface area contributed by atoms with Crippen molar-refractivity contribution in [1.82, 2.24) is 5.32 Å². The Morgan fingerprint density at radius 1 is 0.556 bits per heavy atom. The molecule has 3 rings (SSSR count). The van der Waals surface area contributed by atoms with Crippen LogP contribution >= 0.6 is 0 Å². The third-order valence-corrected chi connectivity index (χ3v) is 5.02. The molecule has 0 bridgehead atoms. The van der Waals surface area contributed by atoms with Crippen LogP contribution in [0.2, 0.25) is 0 Å². The van der Waals surface area contributed by atoms with Gasteiger partial charge in [-0.25, -0.2) is 9.59 Å². The fourth-order valence-electron chi connectivity index (χ4n) is 3.05. The molecule has 0 fully saturated rings. The first-order valence-electron chi connectivity index (χ1n) is 10.5. The van der Waals surface area contributed by atoms with Gasteiger partial charge in [0.1, 0.15) is 0 Å². The Balaban J connectivity index is 1.58. The van der Waals surface area contributed by atoms with Gasteiger partial charge in [0, 0.05) is 40.8 Å². The zero-order chi connectivity index (χ0) is 26.2. The third-order valence-electron chi connectivity index (χ3n) is 5.02. The van der Waals surface area contributed by atoms with E-state index in [-0.39, 0.29) is 11.5 Å². The summed E-state index contributed by atoms with van der Waals surface area (Å²) >= 11 is 0. The van der Waals surface area contributed by atoms with Crippen molar-refractivity contribution in [2.75, 3.05) is 23.0 Å². The molecule has 3 aromatic rings. The number of carbonyl (C=O) groups is 5. The van der Waals surface area contributed by atoms with Gasteiger partial charge in [0.05, 0.1) is 0 Å². The summed E-state index contributed by atoms with van der Waals surface area (Å²) in [6.07, 6.45) is 0. The number of carbonyl (C=O) groups excluding carboxylic acids is 3. The monoisotopic (exact) mass is 490 g/mol. The van der Waals surface area contributed by atoms with E-state index < -0.39 is 29.8 Å². The minimum Gasteiger partial charge on any atom is -0.479 e. The molecule has 0 radical (unpaired) electrons. The first-order valence-corrected chi connectivity index (χ1v) is 10.5. The van der Waals surface area contributed by atoms with Crippen molar-refractivity contribution in [3.8, 4) is 0 Å². The van der Waals surface area contributed by atoms with Gasteiger partial charge in [0.2, 0.25) is 6.04 Å². The lowest BCUT2D eigenvalue weighted by atomic mass is 10.1. The highest BCUT2D eigenvalue weighted by Gasteiger charge is 2.27. The average molecular weight is 490 g/mol. The number of hydrogen-bond donors (Lipinski definition) is 6. The van der Waals surface area contributed by atoms with Gasteiger partial charge in [-0.3, -0.25) is 14.4 Å². The van der Waals surface area contributed by atoms with Crippen molar-refractivity contribution in [2.45, 2.75) is 6.04 Å². The Morgan fingerprint density at radius 2 is 0.889 bits per heavy atom. The summed E-state index contributed by atoms with van der Waals surface area (Å²) < 4.78 is 0. The van der Waals surface area contributed by atoms with Gasteiger partial charge in [0.25, 0.3) is 17.7 Å². The third kappa shape index (κ3) is 6.44. The molecule has 36 heavy (non-hydrogen) atoms. The Bertz CT molecular complexity index is 1270. The summed E-state index contributed by atoms with van der Waals surface area (Å²) in [6.45, 7) is 0. The molecule has 0 aliphatic carbocycles. The van der Waals surface area contributed by atoms with Crippen LogP contribution in [0.3, 0.4) is 0 Å². The van der Waals surface area contributed by atoms with Crippen molar-refractivity contribution in [3.05, 3.63) is 89.5 Å². The molecule has 0 aliphatic heterocycles. The summed E-state index contributed by atoms with van der Waals surface area (Å²) in [7, 11) is 1.78. The Morgan fingerprint density at radius 3 is 1.22 bits per heavy atom. The molecule has 3 aromatic carbocycles. The van der Waals surface area contributed by atoms with Crippen LogP contribution in [-0.2, 0) is 9.59 Å². The Labute approximate surface area is 205 Å². The van der Waals surface area contributed by atoms with Gasteiger partial charge in [-0.2, -0.15) is 0 Å². The number of benzene rings is 3. The fraction of sp³-hybridized carbons (Fsp3) is 0.0800. The zero-order valence-electron chi connectivity index (χ0n) is 18.9. The van der Waals surface area contributed by atoms with Gasteiger partial charge in [-0.1, -0.05) is 0 Å². The number of carboxylic acid groups (broad SMARTS) is 2. The van der Waals surface area contributed by atoms with E-state index in [1.807, 2.05) is 5.32 Å². The number of amides is 3. The highest BCUT2D eigenvalue weighted by Crippen LogP contribution is 2.16. The molecule has 11 heteroatoms. The van der Waals surface area contributed by atoms with Crippen LogP contribution in [0.25, 0.3) is 0 Å². The highest BCUT2D eigenvalue weighted by atomic mass is 16.4. The lowest BCUT2D eigenvalue weighted by Crippen LogP contribution is -2.46. The molecule has 0 spiro atoms. The van der Waals surface area contributed by atoms with Crippen molar-refractivity contribution < 1.29 is 34.2 Å². The maximum atomic E-state index is 12.5. The minimum absolute atomic E-state index is 0.0150. The number of anilines is 3. The molecule has 0 unspecified atom stereocenters. The van der Waals surface area contributed by atoms with E-state index in [0.717, 1.165) is 5.69 Å². The van der Waals surface area contributed by atoms with Crippen molar-refractivity contribution >= 4 is 46.7 Å². The summed E-state index contributed by atoms with van der Waals surface area (Å²) in [5, 5.41) is 28.0. The first-order chi connectivity index (χ1) is 17.2.